The van der Waals surface area contributed by atoms with Gasteiger partial charge in [-0.1, -0.05) is 42.5 Å². The summed E-state index contributed by atoms with van der Waals surface area (Å²) in [6.45, 7) is 0. The van der Waals surface area contributed by atoms with Crippen LogP contribution in [0.15, 0.2) is 54.6 Å². The van der Waals surface area contributed by atoms with Crippen LogP contribution in [0.3, 0.4) is 0 Å². The number of carbonyl (C=O) groups is 1. The minimum Gasteiger partial charge on any atom is -0.493 e. The molecule has 0 heterocycles. The molecule has 29 heavy (non-hydrogen) atoms. The van der Waals surface area contributed by atoms with Crippen molar-refractivity contribution in [2.75, 3.05) is 21.3 Å². The molecule has 0 aliphatic carbocycles. The molecule has 6 heteroatoms. The van der Waals surface area contributed by atoms with Crippen LogP contribution in [0.1, 0.15) is 17.2 Å². The number of carbonyl (C=O) groups excluding carboxylic acids is 1. The summed E-state index contributed by atoms with van der Waals surface area (Å²) >= 11 is 0. The summed E-state index contributed by atoms with van der Waals surface area (Å²) in [5.74, 6) is 1.02. The van der Waals surface area contributed by atoms with E-state index in [4.69, 9.17) is 14.2 Å². The van der Waals surface area contributed by atoms with Crippen molar-refractivity contribution in [3.8, 4) is 23.3 Å². The van der Waals surface area contributed by atoms with Crippen LogP contribution >= 0.6 is 0 Å². The number of fused-ring (bicyclic) bond motifs is 1. The fourth-order valence-corrected chi connectivity index (χ4v) is 3.20. The van der Waals surface area contributed by atoms with Crippen LogP contribution in [0.25, 0.3) is 10.8 Å². The minimum absolute atomic E-state index is 0.174. The van der Waals surface area contributed by atoms with Gasteiger partial charge in [0.05, 0.1) is 33.8 Å². The van der Waals surface area contributed by atoms with E-state index in [1.807, 2.05) is 42.5 Å². The number of methoxy groups -OCH3 is 3. The van der Waals surface area contributed by atoms with E-state index < -0.39 is 6.04 Å². The molecule has 0 radical (unpaired) electrons. The summed E-state index contributed by atoms with van der Waals surface area (Å²) in [7, 11) is 4.51. The second-order valence-corrected chi connectivity index (χ2v) is 6.45. The highest BCUT2D eigenvalue weighted by molar-refractivity contribution is 5.85. The largest absolute Gasteiger partial charge is 0.493 e. The molecule has 0 saturated heterocycles. The first-order chi connectivity index (χ1) is 14.1. The lowest BCUT2D eigenvalue weighted by atomic mass is 10.0. The van der Waals surface area contributed by atoms with Gasteiger partial charge in [0.15, 0.2) is 11.5 Å². The lowest BCUT2D eigenvalue weighted by molar-refractivity contribution is -0.120. The third kappa shape index (κ3) is 4.41. The van der Waals surface area contributed by atoms with E-state index in [1.165, 1.54) is 21.3 Å². The molecule has 6 nitrogen and oxygen atoms in total. The maximum absolute atomic E-state index is 12.6. The maximum atomic E-state index is 12.6. The van der Waals surface area contributed by atoms with Crippen molar-refractivity contribution in [3.63, 3.8) is 0 Å². The van der Waals surface area contributed by atoms with Gasteiger partial charge in [-0.15, -0.1) is 0 Å². The molecule has 148 valence electrons. The fraction of sp³-hybridized carbons (Fsp3) is 0.217. The Labute approximate surface area is 169 Å². The third-order valence-corrected chi connectivity index (χ3v) is 4.63. The van der Waals surface area contributed by atoms with E-state index in [0.717, 1.165) is 16.3 Å². The zero-order valence-corrected chi connectivity index (χ0v) is 16.6. The van der Waals surface area contributed by atoms with E-state index in [2.05, 4.69) is 11.4 Å². The van der Waals surface area contributed by atoms with E-state index in [0.29, 0.717) is 22.8 Å². The second-order valence-electron chi connectivity index (χ2n) is 6.45. The van der Waals surface area contributed by atoms with Gasteiger partial charge in [0, 0.05) is 0 Å². The molecule has 3 aromatic carbocycles. The number of hydrogen-bond acceptors (Lipinski definition) is 5. The summed E-state index contributed by atoms with van der Waals surface area (Å²) in [6.07, 6.45) is 0.174. The average Bonchev–Trinajstić information content (AvgIpc) is 2.76. The molecule has 0 aliphatic rings. The van der Waals surface area contributed by atoms with Crippen LogP contribution in [0.5, 0.6) is 17.2 Å². The highest BCUT2D eigenvalue weighted by Crippen LogP contribution is 2.39. The van der Waals surface area contributed by atoms with Gasteiger partial charge in [-0.2, -0.15) is 5.26 Å². The number of amides is 1. The Morgan fingerprint density at radius 3 is 2.21 bits per heavy atom. The number of nitriles is 1. The summed E-state index contributed by atoms with van der Waals surface area (Å²) in [5, 5.41) is 14.6. The molecule has 1 atom stereocenters. The zero-order valence-electron chi connectivity index (χ0n) is 16.6. The Morgan fingerprint density at radius 2 is 1.62 bits per heavy atom. The van der Waals surface area contributed by atoms with E-state index in [9.17, 15) is 10.1 Å². The standard InChI is InChI=1S/C23H22N2O4/c1-27-20-12-18(13-21(28-2)23(20)29-3)19(14-24)25-22(26)11-15-8-9-16-6-4-5-7-17(16)10-15/h4-10,12-13,19H,11H2,1-3H3,(H,25,26)/t19-/m1/s1. The van der Waals surface area contributed by atoms with Crippen LogP contribution in [-0.2, 0) is 11.2 Å². The number of hydrogen-bond donors (Lipinski definition) is 1. The van der Waals surface area contributed by atoms with Gasteiger partial charge < -0.3 is 19.5 Å². The van der Waals surface area contributed by atoms with E-state index >= 15 is 0 Å². The molecule has 1 N–H and O–H groups in total. The smallest absolute Gasteiger partial charge is 0.225 e. The highest BCUT2D eigenvalue weighted by Gasteiger charge is 2.20. The van der Waals surface area contributed by atoms with E-state index in [-0.39, 0.29) is 12.3 Å². The summed E-state index contributed by atoms with van der Waals surface area (Å²) in [4.78, 5) is 12.6. The number of nitrogens with zero attached hydrogens (tertiary/aromatic N) is 1. The molecule has 0 spiro atoms. The molecule has 0 aromatic heterocycles. The Morgan fingerprint density at radius 1 is 0.966 bits per heavy atom. The van der Waals surface area contributed by atoms with Crippen molar-refractivity contribution in [1.82, 2.24) is 5.32 Å². The molecule has 1 amide bonds. The molecular formula is C23H22N2O4. The monoisotopic (exact) mass is 390 g/mol. The summed E-state index contributed by atoms with van der Waals surface area (Å²) < 4.78 is 16.0. The van der Waals surface area contributed by atoms with Gasteiger partial charge in [0.25, 0.3) is 0 Å². The van der Waals surface area contributed by atoms with Crippen molar-refractivity contribution in [2.24, 2.45) is 0 Å². The number of nitrogens with one attached hydrogen (secondary N) is 1. The number of rotatable bonds is 7. The third-order valence-electron chi connectivity index (χ3n) is 4.63. The molecule has 0 aliphatic heterocycles. The topological polar surface area (TPSA) is 80.6 Å². The van der Waals surface area contributed by atoms with Crippen molar-refractivity contribution < 1.29 is 19.0 Å². The van der Waals surface area contributed by atoms with Crippen molar-refractivity contribution in [1.29, 1.82) is 5.26 Å². The summed E-state index contributed by atoms with van der Waals surface area (Å²) in [5.41, 5.74) is 1.43. The van der Waals surface area contributed by atoms with Crippen LogP contribution in [-0.4, -0.2) is 27.2 Å². The predicted octanol–water partition coefficient (Wildman–Crippen LogP) is 3.79. The van der Waals surface area contributed by atoms with Crippen molar-refractivity contribution in [3.05, 3.63) is 65.7 Å². The molecule has 3 aromatic rings. The van der Waals surface area contributed by atoms with Crippen LogP contribution in [0, 0.1) is 11.3 Å². The normalized spacial score (nSPS) is 11.4. The first-order valence-corrected chi connectivity index (χ1v) is 9.06. The Hall–Kier alpha value is -3.72. The maximum Gasteiger partial charge on any atom is 0.225 e. The van der Waals surface area contributed by atoms with Crippen LogP contribution in [0.4, 0.5) is 0 Å². The average molecular weight is 390 g/mol. The van der Waals surface area contributed by atoms with Gasteiger partial charge in [0.1, 0.15) is 6.04 Å². The first kappa shape index (κ1) is 20.0. The van der Waals surface area contributed by atoms with Crippen molar-refractivity contribution in [2.45, 2.75) is 12.5 Å². The quantitative estimate of drug-likeness (QED) is 0.664. The highest BCUT2D eigenvalue weighted by atomic mass is 16.5. The predicted molar refractivity (Wildman–Crippen MR) is 110 cm³/mol. The SMILES string of the molecule is COc1cc([C@@H](C#N)NC(=O)Cc2ccc3ccccc3c2)cc(OC)c1OC. The van der Waals surface area contributed by atoms with Gasteiger partial charge >= 0.3 is 0 Å². The summed E-state index contributed by atoms with van der Waals surface area (Å²) in [6, 6.07) is 18.4. The molecule has 0 fully saturated rings. The number of ether oxygens (including phenoxy) is 3. The van der Waals surface area contributed by atoms with Gasteiger partial charge in [0.2, 0.25) is 11.7 Å². The van der Waals surface area contributed by atoms with Gasteiger partial charge in [-0.05, 0) is 34.0 Å². The Kier molecular flexibility index (Phi) is 6.20. The fourth-order valence-electron chi connectivity index (χ4n) is 3.20. The van der Waals surface area contributed by atoms with Crippen LogP contribution in [0.2, 0.25) is 0 Å². The Balaban J connectivity index is 1.80. The molecule has 3 rings (SSSR count). The van der Waals surface area contributed by atoms with Gasteiger partial charge in [-0.3, -0.25) is 4.79 Å². The van der Waals surface area contributed by atoms with Gasteiger partial charge in [-0.25, -0.2) is 0 Å². The second kappa shape index (κ2) is 8.98. The molecular weight excluding hydrogens is 368 g/mol. The lowest BCUT2D eigenvalue weighted by Gasteiger charge is -2.17. The first-order valence-electron chi connectivity index (χ1n) is 9.06. The van der Waals surface area contributed by atoms with Crippen LogP contribution < -0.4 is 19.5 Å². The molecule has 0 unspecified atom stereocenters. The lowest BCUT2D eigenvalue weighted by Crippen LogP contribution is -2.29. The number of benzene rings is 3. The Bertz CT molecular complexity index is 1050. The zero-order chi connectivity index (χ0) is 20.8. The molecule has 0 saturated carbocycles. The minimum atomic E-state index is -0.850. The van der Waals surface area contributed by atoms with E-state index in [1.54, 1.807) is 12.1 Å². The molecule has 0 bridgehead atoms. The van der Waals surface area contributed by atoms with Crippen molar-refractivity contribution >= 4 is 16.7 Å².